The number of aromatic amines is 1. The summed E-state index contributed by atoms with van der Waals surface area (Å²) in [5, 5.41) is 10.1. The summed E-state index contributed by atoms with van der Waals surface area (Å²) in [6.07, 6.45) is 3.78. The fraction of sp³-hybridized carbons (Fsp3) is 0.529. The van der Waals surface area contributed by atoms with Crippen molar-refractivity contribution < 1.29 is 9.53 Å². The lowest BCUT2D eigenvalue weighted by molar-refractivity contribution is -0.00660. The number of nitrogens with one attached hydrogen (secondary N) is 2. The standard InChI is InChI=1S/C17H25N5O2/c1-21(2)17(6-9-24-10-7-17)12-18-16(23)14-11-13(19-20-14)15-5-4-8-22(15)3/h4-5,8,11H,6-7,9-10,12H2,1-3H3,(H,18,23)(H,19,20). The zero-order valence-electron chi connectivity index (χ0n) is 14.5. The monoisotopic (exact) mass is 331 g/mol. The summed E-state index contributed by atoms with van der Waals surface area (Å²) in [7, 11) is 6.07. The molecule has 7 nitrogen and oxygen atoms in total. The number of ether oxygens (including phenoxy) is 1. The molecule has 0 unspecified atom stereocenters. The molecule has 1 aliphatic heterocycles. The number of hydrogen-bond acceptors (Lipinski definition) is 4. The average molecular weight is 331 g/mol. The third-order valence-electron chi connectivity index (χ3n) is 4.98. The number of hydrogen-bond donors (Lipinski definition) is 2. The van der Waals surface area contributed by atoms with Gasteiger partial charge in [0, 0.05) is 38.5 Å². The van der Waals surface area contributed by atoms with E-state index in [0.717, 1.165) is 37.4 Å². The van der Waals surface area contributed by atoms with Crippen LogP contribution in [0.1, 0.15) is 23.3 Å². The molecule has 0 atom stereocenters. The number of H-pyrrole nitrogens is 1. The van der Waals surface area contributed by atoms with Crippen molar-refractivity contribution in [2.75, 3.05) is 33.9 Å². The van der Waals surface area contributed by atoms with Crippen LogP contribution in [-0.4, -0.2) is 65.0 Å². The molecule has 0 spiro atoms. The summed E-state index contributed by atoms with van der Waals surface area (Å²) in [6.45, 7) is 2.06. The Labute approximate surface area is 142 Å². The molecule has 7 heteroatoms. The molecule has 2 aromatic heterocycles. The van der Waals surface area contributed by atoms with Gasteiger partial charge in [-0.2, -0.15) is 5.10 Å². The van der Waals surface area contributed by atoms with Gasteiger partial charge in [0.1, 0.15) is 11.4 Å². The average Bonchev–Trinajstić information content (AvgIpc) is 3.22. The van der Waals surface area contributed by atoms with E-state index in [1.807, 2.05) is 29.9 Å². The summed E-state index contributed by atoms with van der Waals surface area (Å²) in [5.74, 6) is -0.129. The van der Waals surface area contributed by atoms with E-state index in [1.165, 1.54) is 0 Å². The quantitative estimate of drug-likeness (QED) is 0.865. The lowest BCUT2D eigenvalue weighted by Gasteiger charge is -2.42. The molecule has 3 rings (SSSR count). The number of aryl methyl sites for hydroxylation is 1. The van der Waals surface area contributed by atoms with E-state index in [0.29, 0.717) is 12.2 Å². The van der Waals surface area contributed by atoms with E-state index in [9.17, 15) is 4.79 Å². The summed E-state index contributed by atoms with van der Waals surface area (Å²) < 4.78 is 7.44. The molecule has 0 radical (unpaired) electrons. The van der Waals surface area contributed by atoms with Crippen molar-refractivity contribution >= 4 is 5.91 Å². The largest absolute Gasteiger partial charge is 0.381 e. The van der Waals surface area contributed by atoms with E-state index in [2.05, 4.69) is 34.5 Å². The van der Waals surface area contributed by atoms with Crippen LogP contribution in [0, 0.1) is 0 Å². The minimum atomic E-state index is -0.129. The van der Waals surface area contributed by atoms with Crippen LogP contribution in [0.5, 0.6) is 0 Å². The third kappa shape index (κ3) is 3.22. The lowest BCUT2D eigenvalue weighted by atomic mass is 9.88. The second-order valence-corrected chi connectivity index (χ2v) is 6.59. The van der Waals surface area contributed by atoms with E-state index >= 15 is 0 Å². The summed E-state index contributed by atoms with van der Waals surface area (Å²) in [6, 6.07) is 5.72. The van der Waals surface area contributed by atoms with E-state index in [4.69, 9.17) is 4.74 Å². The van der Waals surface area contributed by atoms with Gasteiger partial charge in [0.05, 0.1) is 5.69 Å². The highest BCUT2D eigenvalue weighted by atomic mass is 16.5. The first-order valence-corrected chi connectivity index (χ1v) is 8.22. The van der Waals surface area contributed by atoms with Crippen LogP contribution < -0.4 is 5.32 Å². The van der Waals surface area contributed by atoms with Gasteiger partial charge < -0.3 is 19.5 Å². The molecule has 1 fully saturated rings. The Bertz CT molecular complexity index is 697. The van der Waals surface area contributed by atoms with Crippen LogP contribution in [0.25, 0.3) is 11.4 Å². The maximum Gasteiger partial charge on any atom is 0.269 e. The molecule has 1 amide bonds. The van der Waals surface area contributed by atoms with Gasteiger partial charge in [-0.3, -0.25) is 9.89 Å². The van der Waals surface area contributed by atoms with Crippen molar-refractivity contribution in [1.29, 1.82) is 0 Å². The molecule has 2 aromatic rings. The molecule has 0 aliphatic carbocycles. The minimum absolute atomic E-state index is 0.0467. The predicted octanol–water partition coefficient (Wildman–Crippen LogP) is 1.26. The first-order valence-electron chi connectivity index (χ1n) is 8.22. The summed E-state index contributed by atoms with van der Waals surface area (Å²) >= 11 is 0. The van der Waals surface area contributed by atoms with Gasteiger partial charge in [0.15, 0.2) is 0 Å². The first-order chi connectivity index (χ1) is 11.5. The van der Waals surface area contributed by atoms with Gasteiger partial charge >= 0.3 is 0 Å². The van der Waals surface area contributed by atoms with Crippen molar-refractivity contribution in [2.45, 2.75) is 18.4 Å². The highest BCUT2D eigenvalue weighted by Gasteiger charge is 2.35. The van der Waals surface area contributed by atoms with Gasteiger partial charge in [-0.1, -0.05) is 0 Å². The van der Waals surface area contributed by atoms with Crippen LogP contribution >= 0.6 is 0 Å². The molecule has 0 saturated carbocycles. The predicted molar refractivity (Wildman–Crippen MR) is 91.8 cm³/mol. The van der Waals surface area contributed by atoms with E-state index in [-0.39, 0.29) is 11.4 Å². The molecule has 1 saturated heterocycles. The topological polar surface area (TPSA) is 75.2 Å². The molecular weight excluding hydrogens is 306 g/mol. The fourth-order valence-electron chi connectivity index (χ4n) is 3.17. The highest BCUT2D eigenvalue weighted by Crippen LogP contribution is 2.25. The van der Waals surface area contributed by atoms with Crippen molar-refractivity contribution in [2.24, 2.45) is 7.05 Å². The number of carbonyl (C=O) groups excluding carboxylic acids is 1. The Kier molecular flexibility index (Phi) is 4.73. The van der Waals surface area contributed by atoms with Crippen molar-refractivity contribution in [3.05, 3.63) is 30.1 Å². The second kappa shape index (κ2) is 6.78. The maximum atomic E-state index is 12.5. The second-order valence-electron chi connectivity index (χ2n) is 6.59. The van der Waals surface area contributed by atoms with Gasteiger partial charge in [-0.05, 0) is 45.1 Å². The van der Waals surface area contributed by atoms with Gasteiger partial charge in [-0.15, -0.1) is 0 Å². The smallest absolute Gasteiger partial charge is 0.269 e. The van der Waals surface area contributed by atoms with E-state index in [1.54, 1.807) is 6.07 Å². The Balaban J connectivity index is 1.67. The number of likely N-dealkylation sites (N-methyl/N-ethyl adjacent to an activating group) is 1. The number of carbonyl (C=O) groups is 1. The van der Waals surface area contributed by atoms with Gasteiger partial charge in [-0.25, -0.2) is 0 Å². The van der Waals surface area contributed by atoms with Crippen molar-refractivity contribution in [3.63, 3.8) is 0 Å². The van der Waals surface area contributed by atoms with Crippen molar-refractivity contribution in [1.82, 2.24) is 25.0 Å². The zero-order valence-corrected chi connectivity index (χ0v) is 14.5. The van der Waals surface area contributed by atoms with E-state index < -0.39 is 0 Å². The Hall–Kier alpha value is -2.12. The van der Waals surface area contributed by atoms with Gasteiger partial charge in [0.2, 0.25) is 0 Å². The first kappa shape index (κ1) is 16.7. The Morgan fingerprint density at radius 2 is 2.21 bits per heavy atom. The Morgan fingerprint density at radius 1 is 1.46 bits per heavy atom. The normalized spacial score (nSPS) is 17.2. The molecule has 0 aromatic carbocycles. The molecular formula is C17H25N5O2. The molecule has 0 bridgehead atoms. The number of nitrogens with zero attached hydrogens (tertiary/aromatic N) is 3. The fourth-order valence-corrected chi connectivity index (χ4v) is 3.17. The summed E-state index contributed by atoms with van der Waals surface area (Å²) in [4.78, 5) is 14.7. The van der Waals surface area contributed by atoms with Crippen LogP contribution in [0.4, 0.5) is 0 Å². The highest BCUT2D eigenvalue weighted by molar-refractivity contribution is 5.93. The molecule has 1 aliphatic rings. The van der Waals surface area contributed by atoms with Crippen LogP contribution in [-0.2, 0) is 11.8 Å². The molecule has 130 valence electrons. The molecule has 2 N–H and O–H groups in total. The third-order valence-corrected chi connectivity index (χ3v) is 4.98. The van der Waals surface area contributed by atoms with Crippen LogP contribution in [0.15, 0.2) is 24.4 Å². The van der Waals surface area contributed by atoms with Crippen LogP contribution in [0.2, 0.25) is 0 Å². The van der Waals surface area contributed by atoms with Crippen molar-refractivity contribution in [3.8, 4) is 11.4 Å². The molecule has 24 heavy (non-hydrogen) atoms. The zero-order chi connectivity index (χ0) is 17.2. The maximum absolute atomic E-state index is 12.5. The minimum Gasteiger partial charge on any atom is -0.381 e. The number of rotatable bonds is 5. The van der Waals surface area contributed by atoms with Crippen LogP contribution in [0.3, 0.4) is 0 Å². The Morgan fingerprint density at radius 3 is 2.83 bits per heavy atom. The summed E-state index contributed by atoms with van der Waals surface area (Å²) in [5.41, 5.74) is 2.17. The molecule has 3 heterocycles. The SMILES string of the molecule is CN(C)C1(CNC(=O)c2cc(-c3cccn3C)n[nH]2)CCOCC1. The number of amides is 1. The number of aromatic nitrogens is 3. The lowest BCUT2D eigenvalue weighted by Crippen LogP contribution is -2.55. The van der Waals surface area contributed by atoms with Gasteiger partial charge in [0.25, 0.3) is 5.91 Å².